The Morgan fingerprint density at radius 2 is 1.76 bits per heavy atom. The number of carbonyl (C=O) groups excluding carboxylic acids is 1. The molecule has 2 aromatic carbocycles. The number of benzene rings is 2. The predicted octanol–water partition coefficient (Wildman–Crippen LogP) is 3.55. The molecule has 1 aliphatic carbocycles. The number of amides is 1. The highest BCUT2D eigenvalue weighted by atomic mass is 32.2. The van der Waals surface area contributed by atoms with Gasteiger partial charge in [-0.3, -0.25) is 9.52 Å². The second-order valence-electron chi connectivity index (χ2n) is 9.76. The molecule has 0 atom stereocenters. The van der Waals surface area contributed by atoms with Crippen molar-refractivity contribution in [1.29, 1.82) is 0 Å². The monoisotopic (exact) mass is 531 g/mol. The number of fused-ring (bicyclic) bond motifs is 1. The van der Waals surface area contributed by atoms with Gasteiger partial charge in [0.2, 0.25) is 16.0 Å². The summed E-state index contributed by atoms with van der Waals surface area (Å²) in [5, 5.41) is 10.2. The minimum absolute atomic E-state index is 0.0689. The molecule has 0 bridgehead atoms. The lowest BCUT2D eigenvalue weighted by atomic mass is 10.1. The van der Waals surface area contributed by atoms with Crippen molar-refractivity contribution in [1.82, 2.24) is 25.2 Å². The summed E-state index contributed by atoms with van der Waals surface area (Å²) in [4.78, 5) is 21.7. The van der Waals surface area contributed by atoms with E-state index in [2.05, 4.69) is 25.7 Å². The first-order valence-electron chi connectivity index (χ1n) is 12.8. The molecule has 4 N–H and O–H groups in total. The summed E-state index contributed by atoms with van der Waals surface area (Å²) in [5.41, 5.74) is 3.36. The number of rotatable bonds is 8. The van der Waals surface area contributed by atoms with Crippen LogP contribution in [0.5, 0.6) is 0 Å². The molecule has 0 radical (unpaired) electrons. The normalized spacial score (nSPS) is 16.3. The number of hydrogen-bond acceptors (Lipinski definition) is 7. The number of piperidine rings is 1. The molecule has 4 aromatic rings. The van der Waals surface area contributed by atoms with Crippen molar-refractivity contribution in [3.05, 3.63) is 72.6 Å². The van der Waals surface area contributed by atoms with Crippen LogP contribution in [0.1, 0.15) is 36.0 Å². The molecule has 1 aliphatic heterocycles. The van der Waals surface area contributed by atoms with Gasteiger partial charge in [0.15, 0.2) is 0 Å². The first-order valence-corrected chi connectivity index (χ1v) is 14.3. The Morgan fingerprint density at radius 3 is 2.53 bits per heavy atom. The molecule has 10 nitrogen and oxygen atoms in total. The fraction of sp³-hybridized carbons (Fsp3) is 0.296. The lowest BCUT2D eigenvalue weighted by molar-refractivity contribution is 0.0929. The van der Waals surface area contributed by atoms with Gasteiger partial charge in [0.25, 0.3) is 5.91 Å². The van der Waals surface area contributed by atoms with E-state index in [4.69, 9.17) is 4.98 Å². The van der Waals surface area contributed by atoms with E-state index in [0.717, 1.165) is 42.7 Å². The molecule has 6 rings (SSSR count). The Morgan fingerprint density at radius 1 is 0.974 bits per heavy atom. The number of aromatic nitrogens is 3. The van der Waals surface area contributed by atoms with Gasteiger partial charge < -0.3 is 20.5 Å². The van der Waals surface area contributed by atoms with Crippen LogP contribution in [-0.2, 0) is 10.0 Å². The molecule has 1 saturated carbocycles. The Hall–Kier alpha value is -3.96. The molecule has 0 spiro atoms. The van der Waals surface area contributed by atoms with Gasteiger partial charge in [0.05, 0.1) is 10.9 Å². The number of nitrogens with zero attached hydrogens (tertiary/aromatic N) is 3. The van der Waals surface area contributed by atoms with Crippen molar-refractivity contribution in [3.8, 4) is 5.69 Å². The molecule has 38 heavy (non-hydrogen) atoms. The number of nitrogens with one attached hydrogen (secondary N) is 4. The summed E-state index contributed by atoms with van der Waals surface area (Å²) in [6.07, 6.45) is 6.91. The molecule has 2 aliphatic rings. The molecule has 196 valence electrons. The standard InChI is InChI=1S/C27H29N7O3S/c35-26(30-21-10-13-28-14-11-21)18-4-6-20(7-5-18)31-27-29-17-19-12-15-34(25(19)32-27)23-3-1-2-22(16-23)33-38(36,37)24-8-9-24/h1-7,12,15-17,21,24,28,33H,8-11,13-14H2,(H,30,35)(H,29,31,32). The topological polar surface area (TPSA) is 130 Å². The van der Waals surface area contributed by atoms with E-state index in [-0.39, 0.29) is 17.2 Å². The van der Waals surface area contributed by atoms with Crippen molar-refractivity contribution in [3.63, 3.8) is 0 Å². The Kier molecular flexibility index (Phi) is 6.46. The van der Waals surface area contributed by atoms with Gasteiger partial charge in [0.1, 0.15) is 5.65 Å². The summed E-state index contributed by atoms with van der Waals surface area (Å²) in [7, 11) is -3.35. The zero-order chi connectivity index (χ0) is 26.1. The van der Waals surface area contributed by atoms with Crippen molar-refractivity contribution in [2.75, 3.05) is 23.1 Å². The van der Waals surface area contributed by atoms with E-state index < -0.39 is 10.0 Å². The van der Waals surface area contributed by atoms with Gasteiger partial charge in [-0.25, -0.2) is 13.4 Å². The van der Waals surface area contributed by atoms with E-state index in [9.17, 15) is 13.2 Å². The smallest absolute Gasteiger partial charge is 0.251 e. The molecule has 11 heteroatoms. The first kappa shape index (κ1) is 24.4. The van der Waals surface area contributed by atoms with Crippen LogP contribution in [0.2, 0.25) is 0 Å². The molecule has 2 fully saturated rings. The fourth-order valence-electron chi connectivity index (χ4n) is 4.60. The SMILES string of the molecule is O=C(NC1CCNCC1)c1ccc(Nc2ncc3ccn(-c4cccc(NS(=O)(=O)C5CC5)c4)c3n2)cc1. The summed E-state index contributed by atoms with van der Waals surface area (Å²) >= 11 is 0. The van der Waals surface area contributed by atoms with Crippen LogP contribution < -0.4 is 20.7 Å². The fourth-order valence-corrected chi connectivity index (χ4v) is 5.98. The summed E-state index contributed by atoms with van der Waals surface area (Å²) < 4.78 is 29.3. The van der Waals surface area contributed by atoms with Crippen molar-refractivity contribution in [2.24, 2.45) is 0 Å². The third-order valence-electron chi connectivity index (χ3n) is 6.85. The van der Waals surface area contributed by atoms with E-state index in [1.807, 2.05) is 41.1 Å². The van der Waals surface area contributed by atoms with Crippen LogP contribution in [-0.4, -0.2) is 53.2 Å². The number of anilines is 3. The molecule has 1 saturated heterocycles. The molecular weight excluding hydrogens is 502 g/mol. The maximum Gasteiger partial charge on any atom is 0.251 e. The molecule has 3 heterocycles. The van der Waals surface area contributed by atoms with Crippen molar-refractivity contribution < 1.29 is 13.2 Å². The van der Waals surface area contributed by atoms with Gasteiger partial charge in [-0.05, 0) is 87.3 Å². The predicted molar refractivity (Wildman–Crippen MR) is 148 cm³/mol. The summed E-state index contributed by atoms with van der Waals surface area (Å²) in [6, 6.07) is 16.6. The lowest BCUT2D eigenvalue weighted by Crippen LogP contribution is -2.42. The maximum atomic E-state index is 12.6. The van der Waals surface area contributed by atoms with Gasteiger partial charge in [-0.1, -0.05) is 6.07 Å². The zero-order valence-electron chi connectivity index (χ0n) is 20.7. The Labute approximate surface area is 220 Å². The van der Waals surface area contributed by atoms with Crippen LogP contribution in [0.25, 0.3) is 16.7 Å². The highest BCUT2D eigenvalue weighted by Crippen LogP contribution is 2.30. The zero-order valence-corrected chi connectivity index (χ0v) is 21.5. The lowest BCUT2D eigenvalue weighted by Gasteiger charge is -2.23. The molecular formula is C27H29N7O3S. The first-order chi connectivity index (χ1) is 18.4. The van der Waals surface area contributed by atoms with Crippen LogP contribution in [0, 0.1) is 0 Å². The number of hydrogen-bond donors (Lipinski definition) is 4. The average Bonchev–Trinajstić information content (AvgIpc) is 3.71. The van der Waals surface area contributed by atoms with Crippen molar-refractivity contribution in [2.45, 2.75) is 37.0 Å². The van der Waals surface area contributed by atoms with Gasteiger partial charge >= 0.3 is 0 Å². The number of sulfonamides is 1. The van der Waals surface area contributed by atoms with Crippen LogP contribution in [0.3, 0.4) is 0 Å². The number of carbonyl (C=O) groups is 1. The highest BCUT2D eigenvalue weighted by molar-refractivity contribution is 7.93. The molecule has 1 amide bonds. The molecule has 2 aromatic heterocycles. The van der Waals surface area contributed by atoms with Crippen LogP contribution in [0.4, 0.5) is 17.3 Å². The van der Waals surface area contributed by atoms with Gasteiger partial charge in [-0.2, -0.15) is 4.98 Å². The van der Waals surface area contributed by atoms with E-state index in [1.165, 1.54) is 0 Å². The van der Waals surface area contributed by atoms with Crippen molar-refractivity contribution >= 4 is 44.3 Å². The van der Waals surface area contributed by atoms with Crippen LogP contribution in [0.15, 0.2) is 67.0 Å². The van der Waals surface area contributed by atoms with E-state index >= 15 is 0 Å². The quantitative estimate of drug-likeness (QED) is 0.274. The van der Waals surface area contributed by atoms with Gasteiger partial charge in [0, 0.05) is 40.8 Å². The van der Waals surface area contributed by atoms with Gasteiger partial charge in [-0.15, -0.1) is 0 Å². The second-order valence-corrected chi connectivity index (χ2v) is 11.7. The largest absolute Gasteiger partial charge is 0.349 e. The third-order valence-corrected chi connectivity index (χ3v) is 8.72. The summed E-state index contributed by atoms with van der Waals surface area (Å²) in [5.74, 6) is 0.343. The third kappa shape index (κ3) is 5.34. The van der Waals surface area contributed by atoms with E-state index in [1.54, 1.807) is 30.5 Å². The molecule has 0 unspecified atom stereocenters. The second kappa shape index (κ2) is 10.1. The minimum Gasteiger partial charge on any atom is -0.349 e. The highest BCUT2D eigenvalue weighted by Gasteiger charge is 2.35. The van der Waals surface area contributed by atoms with E-state index in [0.29, 0.717) is 35.7 Å². The Bertz CT molecular complexity index is 1570. The minimum atomic E-state index is -3.35. The maximum absolute atomic E-state index is 12.6. The average molecular weight is 532 g/mol. The van der Waals surface area contributed by atoms with Crippen LogP contribution >= 0.6 is 0 Å². The summed E-state index contributed by atoms with van der Waals surface area (Å²) in [6.45, 7) is 1.85. The Balaban J connectivity index is 1.18.